The van der Waals surface area contributed by atoms with Gasteiger partial charge in [-0.25, -0.2) is 0 Å². The average Bonchev–Trinajstić information content (AvgIpc) is 2.76. The Labute approximate surface area is 211 Å². The Hall–Kier alpha value is -3.05. The molecule has 0 spiro atoms. The Balaban J connectivity index is 1.90. The molecule has 12 heteroatoms. The summed E-state index contributed by atoms with van der Waals surface area (Å²) >= 11 is 12.9. The summed E-state index contributed by atoms with van der Waals surface area (Å²) in [4.78, 5) is 47.0. The first-order valence-corrected chi connectivity index (χ1v) is 11.2. The van der Waals surface area contributed by atoms with Crippen molar-refractivity contribution in [3.63, 3.8) is 0 Å². The number of ether oxygens (including phenoxy) is 1. The molecule has 0 unspecified atom stereocenters. The van der Waals surface area contributed by atoms with E-state index in [1.807, 2.05) is 0 Å². The van der Waals surface area contributed by atoms with Crippen LogP contribution in [-0.4, -0.2) is 52.9 Å². The monoisotopic (exact) mass is 682 g/mol. The van der Waals surface area contributed by atoms with E-state index in [-0.39, 0.29) is 43.9 Å². The molecule has 0 bridgehead atoms. The summed E-state index contributed by atoms with van der Waals surface area (Å²) in [6.45, 7) is 0. The van der Waals surface area contributed by atoms with Gasteiger partial charge in [-0.05, 0) is 0 Å². The molecule has 0 aliphatic rings. The van der Waals surface area contributed by atoms with E-state index in [0.29, 0.717) is 3.22 Å². The molecule has 0 heterocycles. The zero-order valence-corrected chi connectivity index (χ0v) is 20.9. The van der Waals surface area contributed by atoms with Crippen molar-refractivity contribution >= 4 is 80.7 Å². The molecule has 3 aromatic carbocycles. The van der Waals surface area contributed by atoms with E-state index >= 15 is 0 Å². The van der Waals surface area contributed by atoms with Gasteiger partial charge in [0, 0.05) is 0 Å². The quantitative estimate of drug-likeness (QED) is 0.174. The number of carbonyl (C=O) groups excluding carboxylic acids is 2. The molecule has 33 heavy (non-hydrogen) atoms. The van der Waals surface area contributed by atoms with Crippen LogP contribution in [0.15, 0.2) is 54.6 Å². The number of anilines is 1. The minimum absolute atomic E-state index is 0.0459. The van der Waals surface area contributed by atoms with Crippen LogP contribution in [0.5, 0.6) is 5.75 Å². The fraction of sp³-hybridized carbons (Fsp3) is 0. The molecular weight excluding hydrogens is 672 g/mol. The minimum atomic E-state index is -1.20. The number of non-ortho nitro benzene ring substituents is 1. The van der Waals surface area contributed by atoms with Gasteiger partial charge in [0.05, 0.1) is 4.92 Å². The average molecular weight is 683 g/mol. The van der Waals surface area contributed by atoms with Gasteiger partial charge in [0.25, 0.3) is 0 Å². The second-order valence-electron chi connectivity index (χ2n) is 6.42. The van der Waals surface area contributed by atoms with Crippen molar-refractivity contribution in [2.45, 2.75) is 0 Å². The van der Waals surface area contributed by atoms with Crippen LogP contribution in [0.4, 0.5) is 11.4 Å². The maximum absolute atomic E-state index is 12.9. The number of rotatable bonds is 6. The van der Waals surface area contributed by atoms with E-state index in [0.717, 1.165) is 31.1 Å². The summed E-state index contributed by atoms with van der Waals surface area (Å²) < 4.78 is 5.94. The predicted molar refractivity (Wildman–Crippen MR) is 121 cm³/mol. The first-order chi connectivity index (χ1) is 15.6. The predicted octanol–water partition coefficient (Wildman–Crippen LogP) is 3.87. The summed E-state index contributed by atoms with van der Waals surface area (Å²) in [7, 11) is 0. The number of carboxylic acid groups (broad SMARTS) is 1. The summed E-state index contributed by atoms with van der Waals surface area (Å²) in [6, 6.07) is 11.6. The molecule has 2 N–H and O–H groups in total. The molecule has 0 aromatic heterocycles. The molecule has 0 fully saturated rings. The zero-order valence-electron chi connectivity index (χ0n) is 16.2. The van der Waals surface area contributed by atoms with Crippen LogP contribution in [-0.2, 0) is 0 Å². The Morgan fingerprint density at radius 1 is 1.00 bits per heavy atom. The number of carbonyl (C=O) groups is 3. The molecule has 1 radical (unpaired) electrons. The third-order valence-corrected chi connectivity index (χ3v) is 6.18. The fourth-order valence-electron chi connectivity index (χ4n) is 2.65. The third kappa shape index (κ3) is 5.85. The number of aromatic carboxylic acids is 1. The van der Waals surface area contributed by atoms with Crippen molar-refractivity contribution in [2.24, 2.45) is 0 Å². The van der Waals surface area contributed by atoms with Crippen LogP contribution < -0.4 is 13.3 Å². The topological polar surface area (TPSA) is 136 Å². The molecule has 1 amide bonds. The number of nitrogens with zero attached hydrogens (tertiary/aromatic N) is 1. The van der Waals surface area contributed by atoms with Gasteiger partial charge in [0.15, 0.2) is 0 Å². The first kappa shape index (κ1) is 24.6. The SMILES string of the molecule is O=C(O)c1cc[c]([Po])c(C(=O)Oc2ccc(Cl)cc2C(=O)Nc2ccc([N+](=O)[O-])cc2Cl)c1. The van der Waals surface area contributed by atoms with Crippen LogP contribution in [0, 0.1) is 10.1 Å². The first-order valence-electron chi connectivity index (χ1n) is 8.88. The normalized spacial score (nSPS) is 10.4. The number of amides is 1. The third-order valence-electron chi connectivity index (χ3n) is 4.25. The van der Waals surface area contributed by atoms with Gasteiger partial charge in [-0.2, -0.15) is 0 Å². The summed E-state index contributed by atoms with van der Waals surface area (Å²) in [5.41, 5.74) is -0.308. The molecule has 0 aliphatic heterocycles. The van der Waals surface area contributed by atoms with Crippen LogP contribution in [0.1, 0.15) is 31.1 Å². The number of esters is 1. The summed E-state index contributed by atoms with van der Waals surface area (Å²) in [6.07, 6.45) is 0. The number of nitro benzene ring substituents is 1. The molecule has 3 rings (SSSR count). The van der Waals surface area contributed by atoms with Crippen molar-refractivity contribution in [1.29, 1.82) is 0 Å². The number of nitro groups is 1. The number of hydrogen-bond donors (Lipinski definition) is 2. The maximum atomic E-state index is 12.9. The van der Waals surface area contributed by atoms with E-state index in [2.05, 4.69) is 5.32 Å². The van der Waals surface area contributed by atoms with Gasteiger partial charge in [-0.15, -0.1) is 0 Å². The molecule has 0 saturated heterocycles. The molecule has 0 atom stereocenters. The number of benzene rings is 3. The Kier molecular flexibility index (Phi) is 7.64. The van der Waals surface area contributed by atoms with Gasteiger partial charge in [0.2, 0.25) is 0 Å². The van der Waals surface area contributed by atoms with Gasteiger partial charge in [0.1, 0.15) is 0 Å². The second-order valence-corrected chi connectivity index (χ2v) is 8.97. The van der Waals surface area contributed by atoms with Crippen molar-refractivity contribution in [2.75, 3.05) is 5.32 Å². The Bertz CT molecular complexity index is 1310. The zero-order chi connectivity index (χ0) is 24.3. The Morgan fingerprint density at radius 3 is 2.36 bits per heavy atom. The number of halogens is 2. The van der Waals surface area contributed by atoms with Gasteiger partial charge >= 0.3 is 197 Å². The molecule has 9 nitrogen and oxygen atoms in total. The van der Waals surface area contributed by atoms with E-state index < -0.39 is 22.8 Å². The molecule has 3 aromatic rings. The van der Waals surface area contributed by atoms with Crippen molar-refractivity contribution in [3.05, 3.63) is 91.4 Å². The van der Waals surface area contributed by atoms with Gasteiger partial charge < -0.3 is 0 Å². The Morgan fingerprint density at radius 2 is 1.73 bits per heavy atom. The van der Waals surface area contributed by atoms with E-state index in [1.54, 1.807) is 0 Å². The van der Waals surface area contributed by atoms with E-state index in [4.69, 9.17) is 33.0 Å². The van der Waals surface area contributed by atoms with Crippen LogP contribution in [0.3, 0.4) is 0 Å². The van der Waals surface area contributed by atoms with Gasteiger partial charge in [-0.1, -0.05) is 0 Å². The second kappa shape index (κ2) is 10.3. The fourth-order valence-corrected chi connectivity index (χ4v) is 3.87. The van der Waals surface area contributed by atoms with Crippen molar-refractivity contribution in [1.82, 2.24) is 0 Å². The van der Waals surface area contributed by atoms with Gasteiger partial charge in [-0.3, -0.25) is 10.1 Å². The number of nitrogens with one attached hydrogen (secondary N) is 1. The van der Waals surface area contributed by atoms with Crippen LogP contribution in [0.2, 0.25) is 10.0 Å². The summed E-state index contributed by atoms with van der Waals surface area (Å²) in [5.74, 6) is -2.92. The molecular formula is C21H11Cl2N2O7Po. The molecule has 167 valence electrons. The summed E-state index contributed by atoms with van der Waals surface area (Å²) in [5, 5.41) is 22.6. The van der Waals surface area contributed by atoms with Crippen molar-refractivity contribution in [3.8, 4) is 5.75 Å². The van der Waals surface area contributed by atoms with Crippen LogP contribution in [0.25, 0.3) is 0 Å². The molecule has 0 aliphatic carbocycles. The molecule has 0 saturated carbocycles. The van der Waals surface area contributed by atoms with E-state index in [9.17, 15) is 24.5 Å². The number of carboxylic acids is 1. The van der Waals surface area contributed by atoms with Crippen LogP contribution >= 0.6 is 23.2 Å². The number of hydrogen-bond acceptors (Lipinski definition) is 6. The standard InChI is InChI=1S/C21H11Cl2N2O7.Po/c22-13-4-7-18(32-21(29)12-3-1-2-11(8-12)20(27)28)15(9-13)19(26)24-17-6-5-14(25(30)31)10-16(17)23;/h1-2,4-10H,(H,24,26)(H,27,28);. The van der Waals surface area contributed by atoms with Crippen molar-refractivity contribution < 1.29 is 29.2 Å². The van der Waals surface area contributed by atoms with E-state index in [1.165, 1.54) is 48.5 Å².